The maximum Gasteiger partial charge on any atom is 0.265 e. The number of ether oxygens (including phenoxy) is 1. The Bertz CT molecular complexity index is 879. The standard InChI is InChI=1S/C22H24N2O5/c1-27-22-14-8-13-17(22)18(15-9-4-2-5-10-15)19-20(23(25)26)21(28-24(19)29-22)16-11-6-3-7-12-16/h2-7,9-12,17-21H,8,13-14H2,1H3/t17-,18-,19-,20+,21-,22-/m1/s1. The molecular weight excluding hydrogens is 372 g/mol. The van der Waals surface area contributed by atoms with Gasteiger partial charge in [-0.25, -0.2) is 4.84 Å². The highest BCUT2D eigenvalue weighted by molar-refractivity contribution is 5.28. The lowest BCUT2D eigenvalue weighted by Crippen LogP contribution is -2.59. The molecule has 2 aromatic carbocycles. The van der Waals surface area contributed by atoms with Crippen molar-refractivity contribution in [3.05, 3.63) is 81.9 Å². The molecule has 5 rings (SSSR count). The van der Waals surface area contributed by atoms with E-state index in [-0.39, 0.29) is 16.8 Å². The normalized spacial score (nSPS) is 36.5. The largest absolute Gasteiger partial charge is 0.351 e. The van der Waals surface area contributed by atoms with Crippen molar-refractivity contribution in [2.24, 2.45) is 5.92 Å². The van der Waals surface area contributed by atoms with Crippen LogP contribution in [0.15, 0.2) is 60.7 Å². The van der Waals surface area contributed by atoms with Gasteiger partial charge in [0.25, 0.3) is 6.04 Å². The van der Waals surface area contributed by atoms with E-state index >= 15 is 0 Å². The van der Waals surface area contributed by atoms with Crippen LogP contribution in [0.4, 0.5) is 0 Å². The lowest BCUT2D eigenvalue weighted by atomic mass is 9.73. The van der Waals surface area contributed by atoms with Gasteiger partial charge in [0.1, 0.15) is 6.04 Å². The Morgan fingerprint density at radius 1 is 1.10 bits per heavy atom. The number of nitrogens with zero attached hydrogens (tertiary/aromatic N) is 2. The minimum absolute atomic E-state index is 0.0247. The fraction of sp³-hybridized carbons (Fsp3) is 0.455. The van der Waals surface area contributed by atoms with Crippen molar-refractivity contribution in [1.82, 2.24) is 5.23 Å². The highest BCUT2D eigenvalue weighted by Gasteiger charge is 2.66. The molecule has 0 unspecified atom stereocenters. The lowest BCUT2D eigenvalue weighted by Gasteiger charge is -2.47. The van der Waals surface area contributed by atoms with E-state index in [2.05, 4.69) is 0 Å². The van der Waals surface area contributed by atoms with Crippen LogP contribution in [-0.4, -0.2) is 35.1 Å². The molecule has 1 saturated carbocycles. The molecule has 29 heavy (non-hydrogen) atoms. The highest BCUT2D eigenvalue weighted by atomic mass is 17.0. The Balaban J connectivity index is 1.63. The quantitative estimate of drug-likeness (QED) is 0.577. The predicted molar refractivity (Wildman–Crippen MR) is 104 cm³/mol. The molecule has 3 aliphatic rings. The molecule has 2 aromatic rings. The first-order chi connectivity index (χ1) is 14.1. The summed E-state index contributed by atoms with van der Waals surface area (Å²) in [6.07, 6.45) is 1.88. The second-order valence-electron chi connectivity index (χ2n) is 8.03. The third kappa shape index (κ3) is 2.88. The number of hydrogen-bond acceptors (Lipinski definition) is 6. The van der Waals surface area contributed by atoms with E-state index < -0.39 is 24.0 Å². The minimum atomic E-state index is -0.946. The number of nitro groups is 1. The highest BCUT2D eigenvalue weighted by Crippen LogP contribution is 2.57. The van der Waals surface area contributed by atoms with Crippen molar-refractivity contribution in [2.45, 2.75) is 49.2 Å². The van der Waals surface area contributed by atoms with E-state index in [9.17, 15) is 10.1 Å². The molecule has 7 nitrogen and oxygen atoms in total. The Morgan fingerprint density at radius 3 is 2.38 bits per heavy atom. The van der Waals surface area contributed by atoms with Crippen LogP contribution in [0.25, 0.3) is 0 Å². The van der Waals surface area contributed by atoms with Crippen molar-refractivity contribution < 1.29 is 19.3 Å². The zero-order valence-corrected chi connectivity index (χ0v) is 16.2. The summed E-state index contributed by atoms with van der Waals surface area (Å²) < 4.78 is 5.89. The second-order valence-corrected chi connectivity index (χ2v) is 8.03. The number of fused-ring (bicyclic) bond motifs is 2. The van der Waals surface area contributed by atoms with Gasteiger partial charge in [0.2, 0.25) is 0 Å². The summed E-state index contributed by atoms with van der Waals surface area (Å²) in [6, 6.07) is 17.9. The molecule has 7 heteroatoms. The van der Waals surface area contributed by atoms with Gasteiger partial charge in [-0.15, -0.1) is 0 Å². The molecule has 0 bridgehead atoms. The van der Waals surface area contributed by atoms with Crippen LogP contribution in [0.1, 0.15) is 42.4 Å². The van der Waals surface area contributed by atoms with Crippen LogP contribution in [-0.2, 0) is 14.4 Å². The van der Waals surface area contributed by atoms with E-state index in [0.717, 1.165) is 30.4 Å². The molecule has 0 radical (unpaired) electrons. The molecule has 3 fully saturated rings. The minimum Gasteiger partial charge on any atom is -0.351 e. The maximum absolute atomic E-state index is 12.3. The number of methoxy groups -OCH3 is 1. The summed E-state index contributed by atoms with van der Waals surface area (Å²) in [7, 11) is 1.65. The van der Waals surface area contributed by atoms with Crippen molar-refractivity contribution >= 4 is 0 Å². The van der Waals surface area contributed by atoms with E-state index in [0.29, 0.717) is 0 Å². The van der Waals surface area contributed by atoms with E-state index in [4.69, 9.17) is 14.4 Å². The van der Waals surface area contributed by atoms with Crippen LogP contribution in [0.5, 0.6) is 0 Å². The van der Waals surface area contributed by atoms with E-state index in [1.807, 2.05) is 60.7 Å². The van der Waals surface area contributed by atoms with Gasteiger partial charge in [0.05, 0.1) is 0 Å². The third-order valence-corrected chi connectivity index (χ3v) is 6.67. The first-order valence-electron chi connectivity index (χ1n) is 10.1. The number of hydrogen-bond donors (Lipinski definition) is 0. The Hall–Kier alpha value is -2.32. The van der Waals surface area contributed by atoms with Crippen molar-refractivity contribution in [3.63, 3.8) is 0 Å². The SMILES string of the molecule is CO[C@@]12CCC[C@@H]1[C@@H](c1ccccc1)[C@@H]1[C@H]([N+](=O)[O-])[C@@H](c3ccccc3)ON1O2. The van der Waals surface area contributed by atoms with Crippen LogP contribution in [0.2, 0.25) is 0 Å². The first-order valence-corrected chi connectivity index (χ1v) is 10.1. The predicted octanol–water partition coefficient (Wildman–Crippen LogP) is 3.86. The van der Waals surface area contributed by atoms with Gasteiger partial charge < -0.3 is 4.74 Å². The molecule has 2 saturated heterocycles. The molecule has 0 aromatic heterocycles. The van der Waals surface area contributed by atoms with Gasteiger partial charge in [-0.3, -0.25) is 15.0 Å². The van der Waals surface area contributed by atoms with Crippen molar-refractivity contribution in [1.29, 1.82) is 0 Å². The summed E-state index contributed by atoms with van der Waals surface area (Å²) in [5.74, 6) is -0.919. The molecule has 0 spiro atoms. The molecule has 1 aliphatic carbocycles. The van der Waals surface area contributed by atoms with E-state index in [1.54, 1.807) is 7.11 Å². The van der Waals surface area contributed by atoms with Gasteiger partial charge in [0.15, 0.2) is 11.9 Å². The Kier molecular flexibility index (Phi) is 4.63. The molecule has 6 atom stereocenters. The van der Waals surface area contributed by atoms with Crippen LogP contribution in [0.3, 0.4) is 0 Å². The Morgan fingerprint density at radius 2 is 1.76 bits per heavy atom. The fourth-order valence-electron chi connectivity index (χ4n) is 5.44. The monoisotopic (exact) mass is 396 g/mol. The topological polar surface area (TPSA) is 74.1 Å². The number of benzene rings is 2. The van der Waals surface area contributed by atoms with Gasteiger partial charge in [-0.05, 0) is 24.0 Å². The van der Waals surface area contributed by atoms with E-state index in [1.165, 1.54) is 5.23 Å². The first kappa shape index (κ1) is 18.7. The van der Waals surface area contributed by atoms with Crippen LogP contribution >= 0.6 is 0 Å². The third-order valence-electron chi connectivity index (χ3n) is 6.67. The molecular formula is C22H24N2O5. The van der Waals surface area contributed by atoms with Gasteiger partial charge in [0, 0.05) is 30.3 Å². The summed E-state index contributed by atoms with van der Waals surface area (Å²) >= 11 is 0. The zero-order valence-electron chi connectivity index (χ0n) is 16.2. The smallest absolute Gasteiger partial charge is 0.265 e. The average molecular weight is 396 g/mol. The number of hydroxylamine groups is 2. The van der Waals surface area contributed by atoms with Crippen LogP contribution in [0, 0.1) is 16.0 Å². The molecule has 0 N–H and O–H groups in total. The van der Waals surface area contributed by atoms with Gasteiger partial charge in [-0.2, -0.15) is 0 Å². The zero-order chi connectivity index (χ0) is 20.0. The van der Waals surface area contributed by atoms with Crippen molar-refractivity contribution in [2.75, 3.05) is 7.11 Å². The van der Waals surface area contributed by atoms with Crippen molar-refractivity contribution in [3.8, 4) is 0 Å². The van der Waals surface area contributed by atoms with Gasteiger partial charge >= 0.3 is 0 Å². The summed E-state index contributed by atoms with van der Waals surface area (Å²) in [6.45, 7) is 0. The summed E-state index contributed by atoms with van der Waals surface area (Å²) in [4.78, 5) is 24.4. The second kappa shape index (κ2) is 7.18. The average Bonchev–Trinajstić information content (AvgIpc) is 3.34. The Labute approximate surface area is 169 Å². The fourth-order valence-corrected chi connectivity index (χ4v) is 5.44. The molecule has 0 amide bonds. The summed E-state index contributed by atoms with van der Waals surface area (Å²) in [5, 5.41) is 13.7. The van der Waals surface area contributed by atoms with Gasteiger partial charge in [-0.1, -0.05) is 65.9 Å². The number of rotatable bonds is 4. The maximum atomic E-state index is 12.3. The lowest BCUT2D eigenvalue weighted by molar-refractivity contribution is -0.537. The molecule has 2 heterocycles. The summed E-state index contributed by atoms with van der Waals surface area (Å²) in [5.41, 5.74) is 1.83. The van der Waals surface area contributed by atoms with Crippen LogP contribution < -0.4 is 0 Å². The molecule has 152 valence electrons. The molecule has 2 aliphatic heterocycles.